The Bertz CT molecular complexity index is 750. The maximum Gasteiger partial charge on any atom is 0.261 e. The molecule has 0 spiro atoms. The summed E-state index contributed by atoms with van der Waals surface area (Å²) in [5, 5.41) is 3.42. The summed E-state index contributed by atoms with van der Waals surface area (Å²) in [6.07, 6.45) is 3.62. The van der Waals surface area contributed by atoms with Gasteiger partial charge >= 0.3 is 0 Å². The van der Waals surface area contributed by atoms with Crippen LogP contribution in [0, 0.1) is 6.92 Å². The molecule has 0 radical (unpaired) electrons. The number of benzene rings is 2. The molecule has 0 amide bonds. The van der Waals surface area contributed by atoms with Gasteiger partial charge in [0.15, 0.2) is 0 Å². The van der Waals surface area contributed by atoms with Crippen LogP contribution in [0.1, 0.15) is 24.8 Å². The molecule has 0 unspecified atom stereocenters. The van der Waals surface area contributed by atoms with E-state index in [4.69, 9.17) is 0 Å². The number of nitrogens with one attached hydrogen (secondary N) is 2. The highest BCUT2D eigenvalue weighted by Gasteiger charge is 2.17. The number of sulfonamides is 1. The van der Waals surface area contributed by atoms with Crippen LogP contribution >= 0.6 is 0 Å². The summed E-state index contributed by atoms with van der Waals surface area (Å²) in [7, 11) is -3.54. The highest BCUT2D eigenvalue weighted by molar-refractivity contribution is 7.92. The first-order chi connectivity index (χ1) is 10.5. The highest BCUT2D eigenvalue weighted by atomic mass is 32.2. The van der Waals surface area contributed by atoms with E-state index in [1.165, 1.54) is 19.3 Å². The molecule has 4 nitrogen and oxygen atoms in total. The minimum atomic E-state index is -3.54. The molecule has 0 saturated heterocycles. The SMILES string of the molecule is Cc1ccc(S(=O)(=O)Nc2cccc(NC3CCC3)c2)cc1. The second-order valence-electron chi connectivity index (χ2n) is 5.77. The lowest BCUT2D eigenvalue weighted by atomic mass is 9.93. The zero-order valence-electron chi connectivity index (χ0n) is 12.5. The number of anilines is 2. The van der Waals surface area contributed by atoms with Crippen molar-refractivity contribution in [2.45, 2.75) is 37.1 Å². The highest BCUT2D eigenvalue weighted by Crippen LogP contribution is 2.25. The van der Waals surface area contributed by atoms with Crippen molar-refractivity contribution in [3.05, 3.63) is 54.1 Å². The molecule has 2 aromatic rings. The Hall–Kier alpha value is -2.01. The Morgan fingerprint density at radius 1 is 1.00 bits per heavy atom. The van der Waals surface area contributed by atoms with E-state index in [-0.39, 0.29) is 4.90 Å². The quantitative estimate of drug-likeness (QED) is 0.883. The Kier molecular flexibility index (Phi) is 4.07. The van der Waals surface area contributed by atoms with Crippen LogP contribution in [-0.2, 0) is 10.0 Å². The summed E-state index contributed by atoms with van der Waals surface area (Å²) < 4.78 is 27.4. The van der Waals surface area contributed by atoms with Crippen molar-refractivity contribution in [2.24, 2.45) is 0 Å². The Balaban J connectivity index is 1.76. The van der Waals surface area contributed by atoms with Gasteiger partial charge in [-0.2, -0.15) is 0 Å². The molecule has 3 rings (SSSR count). The topological polar surface area (TPSA) is 58.2 Å². The Labute approximate surface area is 131 Å². The van der Waals surface area contributed by atoms with Gasteiger partial charge in [-0.3, -0.25) is 4.72 Å². The molecular formula is C17H20N2O2S. The monoisotopic (exact) mass is 316 g/mol. The van der Waals surface area contributed by atoms with E-state index in [1.54, 1.807) is 30.3 Å². The molecule has 1 aliphatic rings. The molecule has 1 saturated carbocycles. The average molecular weight is 316 g/mol. The van der Waals surface area contributed by atoms with Crippen molar-refractivity contribution in [1.82, 2.24) is 0 Å². The molecule has 0 aliphatic heterocycles. The number of aryl methyl sites for hydroxylation is 1. The lowest BCUT2D eigenvalue weighted by Gasteiger charge is -2.27. The van der Waals surface area contributed by atoms with Gasteiger partial charge in [0.05, 0.1) is 10.6 Å². The molecule has 0 atom stereocenters. The molecule has 2 N–H and O–H groups in total. The van der Waals surface area contributed by atoms with Gasteiger partial charge in [0.1, 0.15) is 0 Å². The molecule has 116 valence electrons. The minimum absolute atomic E-state index is 0.274. The lowest BCUT2D eigenvalue weighted by Crippen LogP contribution is -2.26. The summed E-state index contributed by atoms with van der Waals surface area (Å²) in [6.45, 7) is 1.93. The fourth-order valence-electron chi connectivity index (χ4n) is 2.39. The molecule has 0 bridgehead atoms. The third-order valence-corrected chi connectivity index (χ3v) is 5.32. The van der Waals surface area contributed by atoms with E-state index in [2.05, 4.69) is 10.0 Å². The van der Waals surface area contributed by atoms with Crippen LogP contribution in [0.5, 0.6) is 0 Å². The van der Waals surface area contributed by atoms with Crippen LogP contribution in [0.15, 0.2) is 53.4 Å². The van der Waals surface area contributed by atoms with Crippen molar-refractivity contribution in [1.29, 1.82) is 0 Å². The summed E-state index contributed by atoms with van der Waals surface area (Å²) >= 11 is 0. The summed E-state index contributed by atoms with van der Waals surface area (Å²) in [5.74, 6) is 0. The molecule has 0 heterocycles. The van der Waals surface area contributed by atoms with E-state index in [1.807, 2.05) is 25.1 Å². The van der Waals surface area contributed by atoms with Gasteiger partial charge in [-0.25, -0.2) is 8.42 Å². The molecule has 2 aromatic carbocycles. The first-order valence-corrected chi connectivity index (χ1v) is 8.97. The number of hydrogen-bond donors (Lipinski definition) is 2. The molecule has 0 aromatic heterocycles. The molecule has 22 heavy (non-hydrogen) atoms. The van der Waals surface area contributed by atoms with E-state index in [0.717, 1.165) is 11.3 Å². The smallest absolute Gasteiger partial charge is 0.261 e. The predicted molar refractivity (Wildman–Crippen MR) is 89.7 cm³/mol. The van der Waals surface area contributed by atoms with Gasteiger partial charge < -0.3 is 5.32 Å². The third kappa shape index (κ3) is 3.42. The van der Waals surface area contributed by atoms with Crippen LogP contribution in [0.2, 0.25) is 0 Å². The van der Waals surface area contributed by atoms with Crippen molar-refractivity contribution >= 4 is 21.4 Å². The standard InChI is InChI=1S/C17H20N2O2S/c1-13-8-10-17(11-9-13)22(20,21)19-16-7-3-6-15(12-16)18-14-4-2-5-14/h3,6-12,14,18-19H,2,4-5H2,1H3. The Morgan fingerprint density at radius 3 is 2.32 bits per heavy atom. The Morgan fingerprint density at radius 2 is 1.68 bits per heavy atom. The van der Waals surface area contributed by atoms with Gasteiger partial charge in [-0.05, 0) is 56.5 Å². The van der Waals surface area contributed by atoms with Gasteiger partial charge in [0.2, 0.25) is 0 Å². The molecule has 5 heteroatoms. The second-order valence-corrected chi connectivity index (χ2v) is 7.45. The van der Waals surface area contributed by atoms with E-state index < -0.39 is 10.0 Å². The molecule has 1 fully saturated rings. The van der Waals surface area contributed by atoms with Crippen LogP contribution in [0.4, 0.5) is 11.4 Å². The molecule has 1 aliphatic carbocycles. The third-order valence-electron chi connectivity index (χ3n) is 3.92. The van der Waals surface area contributed by atoms with Crippen LogP contribution in [0.3, 0.4) is 0 Å². The number of hydrogen-bond acceptors (Lipinski definition) is 3. The van der Waals surface area contributed by atoms with E-state index in [0.29, 0.717) is 11.7 Å². The van der Waals surface area contributed by atoms with Crippen LogP contribution in [0.25, 0.3) is 0 Å². The lowest BCUT2D eigenvalue weighted by molar-refractivity contribution is 0.445. The van der Waals surface area contributed by atoms with Crippen molar-refractivity contribution < 1.29 is 8.42 Å². The minimum Gasteiger partial charge on any atom is -0.382 e. The first-order valence-electron chi connectivity index (χ1n) is 7.49. The van der Waals surface area contributed by atoms with Crippen molar-refractivity contribution in [3.63, 3.8) is 0 Å². The summed E-state index contributed by atoms with van der Waals surface area (Å²) in [5.41, 5.74) is 2.56. The van der Waals surface area contributed by atoms with Crippen molar-refractivity contribution in [3.8, 4) is 0 Å². The zero-order valence-corrected chi connectivity index (χ0v) is 13.4. The first kappa shape index (κ1) is 14.9. The average Bonchev–Trinajstić information content (AvgIpc) is 2.43. The van der Waals surface area contributed by atoms with Crippen LogP contribution < -0.4 is 10.0 Å². The number of rotatable bonds is 5. The molecular weight excluding hydrogens is 296 g/mol. The van der Waals surface area contributed by atoms with Gasteiger partial charge in [-0.15, -0.1) is 0 Å². The maximum atomic E-state index is 12.4. The fourth-order valence-corrected chi connectivity index (χ4v) is 3.44. The predicted octanol–water partition coefficient (Wildman–Crippen LogP) is 3.76. The zero-order chi connectivity index (χ0) is 15.6. The van der Waals surface area contributed by atoms with E-state index >= 15 is 0 Å². The van der Waals surface area contributed by atoms with E-state index in [9.17, 15) is 8.42 Å². The summed E-state index contributed by atoms with van der Waals surface area (Å²) in [6, 6.07) is 14.8. The fraction of sp³-hybridized carbons (Fsp3) is 0.294. The largest absolute Gasteiger partial charge is 0.382 e. The van der Waals surface area contributed by atoms with Crippen LogP contribution in [-0.4, -0.2) is 14.5 Å². The maximum absolute atomic E-state index is 12.4. The van der Waals surface area contributed by atoms with Crippen molar-refractivity contribution in [2.75, 3.05) is 10.0 Å². The normalized spacial score (nSPS) is 15.1. The van der Waals surface area contributed by atoms with Gasteiger partial charge in [-0.1, -0.05) is 23.8 Å². The second kappa shape index (κ2) is 6.01. The van der Waals surface area contributed by atoms with Gasteiger partial charge in [0, 0.05) is 11.7 Å². The van der Waals surface area contributed by atoms with Gasteiger partial charge in [0.25, 0.3) is 10.0 Å². The summed E-state index contributed by atoms with van der Waals surface area (Å²) in [4.78, 5) is 0.274.